The molecule has 31 heavy (non-hydrogen) atoms. The number of benzene rings is 1. The molecule has 2 aromatic rings. The van der Waals surface area contributed by atoms with Crippen LogP contribution in [0.2, 0.25) is 5.02 Å². The molecule has 0 saturated carbocycles. The third kappa shape index (κ3) is 4.81. The lowest BCUT2D eigenvalue weighted by Crippen LogP contribution is -2.52. The molecule has 164 valence electrons. The summed E-state index contributed by atoms with van der Waals surface area (Å²) in [7, 11) is 2.07. The van der Waals surface area contributed by atoms with Crippen molar-refractivity contribution in [2.45, 2.75) is 26.2 Å². The normalized spacial score (nSPS) is 18.6. The highest BCUT2D eigenvalue weighted by atomic mass is 35.5. The van der Waals surface area contributed by atoms with E-state index in [4.69, 9.17) is 16.0 Å². The van der Waals surface area contributed by atoms with E-state index in [2.05, 4.69) is 27.9 Å². The topological polar surface area (TPSA) is 90.2 Å². The van der Waals surface area contributed by atoms with Crippen LogP contribution in [0.4, 0.5) is 0 Å². The van der Waals surface area contributed by atoms with Crippen molar-refractivity contribution < 1.29 is 14.0 Å². The molecule has 0 spiro atoms. The zero-order chi connectivity index (χ0) is 22.0. The molecule has 1 fully saturated rings. The van der Waals surface area contributed by atoms with E-state index in [0.717, 1.165) is 61.6 Å². The maximum Gasteiger partial charge on any atom is 0.301 e. The fraction of sp³-hybridized carbons (Fsp3) is 0.409. The molecule has 1 aromatic carbocycles. The first-order chi connectivity index (χ1) is 14.9. The van der Waals surface area contributed by atoms with Gasteiger partial charge in [-0.05, 0) is 45.0 Å². The number of likely N-dealkylation sites (N-methyl/N-ethyl adjacent to an activating group) is 1. The van der Waals surface area contributed by atoms with Gasteiger partial charge in [-0.1, -0.05) is 17.7 Å². The molecule has 1 aromatic heterocycles. The van der Waals surface area contributed by atoms with E-state index in [1.807, 2.05) is 11.9 Å². The Bertz CT molecular complexity index is 1020. The number of hydrogen-bond donors (Lipinski definition) is 2. The average Bonchev–Trinajstić information content (AvgIpc) is 3.11. The summed E-state index contributed by atoms with van der Waals surface area (Å²) in [4.78, 5) is 27.5. The predicted molar refractivity (Wildman–Crippen MR) is 118 cm³/mol. The Hall–Kier alpha value is -2.68. The summed E-state index contributed by atoms with van der Waals surface area (Å²) < 4.78 is 5.94. The van der Waals surface area contributed by atoms with Crippen molar-refractivity contribution in [1.82, 2.24) is 20.8 Å². The van der Waals surface area contributed by atoms with Crippen LogP contribution in [0.25, 0.3) is 0 Å². The molecule has 0 unspecified atom stereocenters. The number of furan rings is 1. The van der Waals surface area contributed by atoms with Crippen molar-refractivity contribution in [3.05, 3.63) is 57.5 Å². The predicted octanol–water partition coefficient (Wildman–Crippen LogP) is 2.60. The largest absolute Gasteiger partial charge is 0.455 e. The quantitative estimate of drug-likeness (QED) is 0.709. The van der Waals surface area contributed by atoms with Crippen molar-refractivity contribution in [2.75, 3.05) is 33.2 Å². The van der Waals surface area contributed by atoms with Gasteiger partial charge in [-0.25, -0.2) is 10.4 Å². The van der Waals surface area contributed by atoms with E-state index >= 15 is 0 Å². The first-order valence-electron chi connectivity index (χ1n) is 10.4. The van der Waals surface area contributed by atoms with E-state index < -0.39 is 0 Å². The minimum Gasteiger partial charge on any atom is -0.455 e. The second kappa shape index (κ2) is 9.21. The van der Waals surface area contributed by atoms with Crippen molar-refractivity contribution in [1.29, 1.82) is 0 Å². The van der Waals surface area contributed by atoms with E-state index in [1.54, 1.807) is 24.3 Å². The summed E-state index contributed by atoms with van der Waals surface area (Å²) in [6.07, 6.45) is 2.27. The van der Waals surface area contributed by atoms with Crippen molar-refractivity contribution in [2.24, 2.45) is 5.10 Å². The molecule has 2 amide bonds. The molecular weight excluding hydrogens is 418 g/mol. The highest BCUT2D eigenvalue weighted by molar-refractivity contribution is 6.31. The summed E-state index contributed by atoms with van der Waals surface area (Å²) in [5.74, 6) is 0.456. The van der Waals surface area contributed by atoms with Gasteiger partial charge in [0.05, 0.1) is 5.71 Å². The van der Waals surface area contributed by atoms with Gasteiger partial charge in [-0.3, -0.25) is 15.0 Å². The van der Waals surface area contributed by atoms with Crippen LogP contribution in [0.3, 0.4) is 0 Å². The van der Waals surface area contributed by atoms with Gasteiger partial charge in [0.2, 0.25) is 0 Å². The Morgan fingerprint density at radius 1 is 1.13 bits per heavy atom. The number of aryl methyl sites for hydroxylation is 1. The number of nitrogens with one attached hydrogen (secondary N) is 2. The molecule has 0 atom stereocenters. The van der Waals surface area contributed by atoms with E-state index in [9.17, 15) is 9.59 Å². The summed E-state index contributed by atoms with van der Waals surface area (Å²) >= 11 is 5.96. The molecule has 1 saturated heterocycles. The summed E-state index contributed by atoms with van der Waals surface area (Å²) in [5, 5.41) is 6.76. The molecular formula is C22H26ClN5O3. The number of hydrogen-bond acceptors (Lipinski definition) is 6. The first-order valence-corrected chi connectivity index (χ1v) is 10.8. The number of halogens is 1. The highest BCUT2D eigenvalue weighted by Crippen LogP contribution is 2.30. The average molecular weight is 444 g/mol. The number of carbonyl (C=O) groups excluding carboxylic acids is 2. The molecule has 1 aliphatic heterocycles. The summed E-state index contributed by atoms with van der Waals surface area (Å²) in [5.41, 5.74) is 8.28. The lowest BCUT2D eigenvalue weighted by molar-refractivity contribution is 0.0634. The number of fused-ring (bicyclic) bond motifs is 1. The second-order valence-corrected chi connectivity index (χ2v) is 8.39. The molecule has 2 aliphatic rings. The summed E-state index contributed by atoms with van der Waals surface area (Å²) in [6, 6.07) is 6.70. The van der Waals surface area contributed by atoms with Crippen LogP contribution in [0.1, 0.15) is 50.6 Å². The third-order valence-corrected chi connectivity index (χ3v) is 5.91. The van der Waals surface area contributed by atoms with Crippen LogP contribution in [-0.4, -0.2) is 60.7 Å². The Morgan fingerprint density at radius 2 is 1.90 bits per heavy atom. The Kier molecular flexibility index (Phi) is 6.41. The number of rotatable bonds is 4. The zero-order valence-electron chi connectivity index (χ0n) is 17.7. The SMILES string of the molecule is Cc1c(C(=O)NN2CCN(C)CC2)oc2c1/C(=N/NC(=O)c1cccc(Cl)c1)CCC2. The van der Waals surface area contributed by atoms with Crippen LogP contribution < -0.4 is 10.9 Å². The Labute approximate surface area is 186 Å². The summed E-state index contributed by atoms with van der Waals surface area (Å²) in [6.45, 7) is 5.20. The maximum atomic E-state index is 12.8. The van der Waals surface area contributed by atoms with Crippen LogP contribution in [0.15, 0.2) is 33.8 Å². The van der Waals surface area contributed by atoms with Crippen LogP contribution in [-0.2, 0) is 6.42 Å². The minimum absolute atomic E-state index is 0.251. The number of hydrazine groups is 1. The van der Waals surface area contributed by atoms with E-state index in [-0.39, 0.29) is 11.8 Å². The van der Waals surface area contributed by atoms with Crippen LogP contribution in [0, 0.1) is 6.92 Å². The molecule has 0 bridgehead atoms. The van der Waals surface area contributed by atoms with Gasteiger partial charge in [-0.2, -0.15) is 5.10 Å². The van der Waals surface area contributed by atoms with Crippen molar-refractivity contribution in [3.8, 4) is 0 Å². The van der Waals surface area contributed by atoms with Crippen LogP contribution >= 0.6 is 11.6 Å². The van der Waals surface area contributed by atoms with E-state index in [1.165, 1.54) is 0 Å². The number of hydrazone groups is 1. The van der Waals surface area contributed by atoms with Gasteiger partial charge >= 0.3 is 5.91 Å². The maximum absolute atomic E-state index is 12.8. The van der Waals surface area contributed by atoms with Gasteiger partial charge < -0.3 is 9.32 Å². The smallest absolute Gasteiger partial charge is 0.301 e. The first kappa shape index (κ1) is 21.5. The number of carbonyl (C=O) groups is 2. The highest BCUT2D eigenvalue weighted by Gasteiger charge is 2.29. The van der Waals surface area contributed by atoms with Gasteiger partial charge in [0.1, 0.15) is 5.76 Å². The van der Waals surface area contributed by atoms with Crippen molar-refractivity contribution in [3.63, 3.8) is 0 Å². The second-order valence-electron chi connectivity index (χ2n) is 7.95. The fourth-order valence-corrected chi connectivity index (χ4v) is 4.11. The zero-order valence-corrected chi connectivity index (χ0v) is 18.5. The van der Waals surface area contributed by atoms with Crippen molar-refractivity contribution >= 4 is 29.1 Å². The molecule has 2 heterocycles. The number of nitrogens with zero attached hydrogens (tertiary/aromatic N) is 3. The minimum atomic E-state index is -0.337. The molecule has 2 N–H and O–H groups in total. The van der Waals surface area contributed by atoms with Gasteiger partial charge in [0.25, 0.3) is 5.91 Å². The Balaban J connectivity index is 1.50. The van der Waals surface area contributed by atoms with Gasteiger partial charge in [0, 0.05) is 54.3 Å². The Morgan fingerprint density at radius 3 is 2.65 bits per heavy atom. The molecule has 4 rings (SSSR count). The van der Waals surface area contributed by atoms with Gasteiger partial charge in [0.15, 0.2) is 5.76 Å². The molecule has 1 aliphatic carbocycles. The number of piperazine rings is 1. The monoisotopic (exact) mass is 443 g/mol. The fourth-order valence-electron chi connectivity index (χ4n) is 3.92. The molecule has 9 heteroatoms. The molecule has 0 radical (unpaired) electrons. The van der Waals surface area contributed by atoms with E-state index in [0.29, 0.717) is 22.8 Å². The third-order valence-electron chi connectivity index (χ3n) is 5.67. The standard InChI is InChI=1S/C22H26ClN5O3/c1-14-19-17(24-25-21(29)15-5-3-6-16(23)13-15)7-4-8-18(19)31-20(14)22(30)26-28-11-9-27(2)10-12-28/h3,5-6,13H,4,7-12H2,1-2H3,(H,25,29)(H,26,30)/b24-17+. The lowest BCUT2D eigenvalue weighted by Gasteiger charge is -2.32. The van der Waals surface area contributed by atoms with Crippen LogP contribution in [0.5, 0.6) is 0 Å². The van der Waals surface area contributed by atoms with Gasteiger partial charge in [-0.15, -0.1) is 0 Å². The number of amides is 2. The lowest BCUT2D eigenvalue weighted by atomic mass is 9.93. The molecule has 8 nitrogen and oxygen atoms in total.